The molecule has 0 bridgehead atoms. The van der Waals surface area contributed by atoms with Crippen molar-refractivity contribution >= 4 is 23.0 Å². The lowest BCUT2D eigenvalue weighted by Gasteiger charge is -2.22. The summed E-state index contributed by atoms with van der Waals surface area (Å²) in [6.45, 7) is 0.726. The zero-order chi connectivity index (χ0) is 18.6. The highest BCUT2D eigenvalue weighted by Gasteiger charge is 2.15. The van der Waals surface area contributed by atoms with Crippen LogP contribution in [0, 0.1) is 0 Å². The molecule has 0 unspecified atom stereocenters. The first-order valence-electron chi connectivity index (χ1n) is 9.13. The highest BCUT2D eigenvalue weighted by atomic mass is 16.5. The van der Waals surface area contributed by atoms with E-state index in [0.29, 0.717) is 6.42 Å². The molecule has 27 heavy (non-hydrogen) atoms. The van der Waals surface area contributed by atoms with Crippen LogP contribution in [-0.2, 0) is 17.6 Å². The van der Waals surface area contributed by atoms with Gasteiger partial charge in [0.1, 0.15) is 5.75 Å². The number of benzene rings is 3. The first-order valence-corrected chi connectivity index (χ1v) is 9.13. The molecular weight excluding hydrogens is 336 g/mol. The van der Waals surface area contributed by atoms with Crippen LogP contribution in [0.2, 0.25) is 0 Å². The molecule has 0 spiro atoms. The quantitative estimate of drug-likeness (QED) is 0.726. The topological polar surface area (TPSA) is 41.6 Å². The molecule has 1 N–H and O–H groups in total. The van der Waals surface area contributed by atoms with Gasteiger partial charge in [0, 0.05) is 19.2 Å². The molecule has 1 aliphatic heterocycles. The van der Waals surface area contributed by atoms with Gasteiger partial charge in [0.25, 0.3) is 0 Å². The highest BCUT2D eigenvalue weighted by Crippen LogP contribution is 2.31. The molecule has 0 radical (unpaired) electrons. The number of fused-ring (bicyclic) bond motifs is 1. The van der Waals surface area contributed by atoms with Crippen LogP contribution in [0.4, 0.5) is 17.1 Å². The Kier molecular flexibility index (Phi) is 4.79. The predicted octanol–water partition coefficient (Wildman–Crippen LogP) is 4.57. The van der Waals surface area contributed by atoms with E-state index in [4.69, 9.17) is 4.74 Å². The van der Waals surface area contributed by atoms with Gasteiger partial charge in [-0.3, -0.25) is 4.79 Å². The Bertz CT molecular complexity index is 954. The van der Waals surface area contributed by atoms with Crippen LogP contribution in [0.15, 0.2) is 72.8 Å². The first-order chi connectivity index (χ1) is 13.2. The summed E-state index contributed by atoms with van der Waals surface area (Å²) in [4.78, 5) is 14.7. The molecule has 1 heterocycles. The average Bonchev–Trinajstić information content (AvgIpc) is 3.16. The van der Waals surface area contributed by atoms with Crippen LogP contribution in [-0.4, -0.2) is 19.6 Å². The van der Waals surface area contributed by atoms with E-state index in [1.165, 1.54) is 5.56 Å². The van der Waals surface area contributed by atoms with Crippen LogP contribution in [0.1, 0.15) is 11.1 Å². The van der Waals surface area contributed by atoms with E-state index in [0.717, 1.165) is 41.4 Å². The van der Waals surface area contributed by atoms with Gasteiger partial charge >= 0.3 is 0 Å². The summed E-state index contributed by atoms with van der Waals surface area (Å²) in [5, 5.41) is 3.07. The monoisotopic (exact) mass is 358 g/mol. The number of carbonyl (C=O) groups excluding carboxylic acids is 1. The number of para-hydroxylation sites is 3. The van der Waals surface area contributed by atoms with Gasteiger partial charge in [-0.2, -0.15) is 0 Å². The Morgan fingerprint density at radius 3 is 2.67 bits per heavy atom. The lowest BCUT2D eigenvalue weighted by molar-refractivity contribution is -0.115. The highest BCUT2D eigenvalue weighted by molar-refractivity contribution is 5.96. The van der Waals surface area contributed by atoms with Gasteiger partial charge in [-0.1, -0.05) is 42.5 Å². The van der Waals surface area contributed by atoms with E-state index in [-0.39, 0.29) is 5.91 Å². The summed E-state index contributed by atoms with van der Waals surface area (Å²) in [6.07, 6.45) is 1.26. The Morgan fingerprint density at radius 1 is 1.04 bits per heavy atom. The lowest BCUT2D eigenvalue weighted by atomic mass is 10.1. The van der Waals surface area contributed by atoms with Gasteiger partial charge in [-0.25, -0.2) is 0 Å². The van der Waals surface area contributed by atoms with Crippen LogP contribution < -0.4 is 15.0 Å². The largest absolute Gasteiger partial charge is 0.493 e. The fourth-order valence-corrected chi connectivity index (χ4v) is 3.39. The average molecular weight is 358 g/mol. The van der Waals surface area contributed by atoms with E-state index in [1.54, 1.807) is 0 Å². The van der Waals surface area contributed by atoms with Crippen molar-refractivity contribution in [3.63, 3.8) is 0 Å². The van der Waals surface area contributed by atoms with Gasteiger partial charge in [0.15, 0.2) is 0 Å². The molecule has 136 valence electrons. The fourth-order valence-electron chi connectivity index (χ4n) is 3.39. The number of nitrogens with zero attached hydrogens (tertiary/aromatic N) is 1. The number of rotatable bonds is 5. The van der Waals surface area contributed by atoms with Gasteiger partial charge in [0.05, 0.1) is 24.4 Å². The van der Waals surface area contributed by atoms with Crippen molar-refractivity contribution in [1.29, 1.82) is 0 Å². The third-order valence-corrected chi connectivity index (χ3v) is 4.80. The molecule has 1 amide bonds. The van der Waals surface area contributed by atoms with Gasteiger partial charge in [-0.05, 0) is 41.5 Å². The van der Waals surface area contributed by atoms with Crippen molar-refractivity contribution in [2.45, 2.75) is 12.8 Å². The van der Waals surface area contributed by atoms with Crippen molar-refractivity contribution in [2.24, 2.45) is 0 Å². The number of amides is 1. The number of anilines is 3. The minimum absolute atomic E-state index is 0.0252. The molecule has 0 saturated heterocycles. The number of hydrogen-bond donors (Lipinski definition) is 1. The third kappa shape index (κ3) is 3.80. The van der Waals surface area contributed by atoms with Gasteiger partial charge in [0.2, 0.25) is 5.91 Å². The Balaban J connectivity index is 1.50. The summed E-state index contributed by atoms with van der Waals surface area (Å²) in [5.74, 6) is 0.914. The second-order valence-electron chi connectivity index (χ2n) is 6.68. The number of hydrogen-bond acceptors (Lipinski definition) is 3. The van der Waals surface area contributed by atoms with Crippen LogP contribution in [0.25, 0.3) is 0 Å². The predicted molar refractivity (Wildman–Crippen MR) is 109 cm³/mol. The molecule has 0 aromatic heterocycles. The molecule has 3 aromatic carbocycles. The summed E-state index contributed by atoms with van der Waals surface area (Å²) in [7, 11) is 2.00. The maximum absolute atomic E-state index is 12.6. The third-order valence-electron chi connectivity index (χ3n) is 4.80. The van der Waals surface area contributed by atoms with E-state index in [1.807, 2.05) is 73.8 Å². The van der Waals surface area contributed by atoms with E-state index < -0.39 is 0 Å². The zero-order valence-corrected chi connectivity index (χ0v) is 15.3. The van der Waals surface area contributed by atoms with Gasteiger partial charge < -0.3 is 15.0 Å². The summed E-state index contributed by atoms with van der Waals surface area (Å²) in [6, 6.07) is 23.9. The van der Waals surface area contributed by atoms with Crippen molar-refractivity contribution in [3.05, 3.63) is 83.9 Å². The fraction of sp³-hybridized carbons (Fsp3) is 0.174. The molecule has 4 rings (SSSR count). The molecule has 0 saturated carbocycles. The minimum atomic E-state index is -0.0252. The maximum Gasteiger partial charge on any atom is 0.228 e. The zero-order valence-electron chi connectivity index (χ0n) is 15.3. The second-order valence-corrected chi connectivity index (χ2v) is 6.68. The normalized spacial score (nSPS) is 12.2. The number of carbonyl (C=O) groups is 1. The summed E-state index contributed by atoms with van der Waals surface area (Å²) >= 11 is 0. The smallest absolute Gasteiger partial charge is 0.228 e. The molecule has 4 heteroatoms. The molecule has 1 aliphatic rings. The molecule has 3 aromatic rings. The van der Waals surface area contributed by atoms with Crippen molar-refractivity contribution < 1.29 is 9.53 Å². The molecule has 0 atom stereocenters. The second kappa shape index (κ2) is 7.54. The summed E-state index contributed by atoms with van der Waals surface area (Å²) < 4.78 is 5.53. The molecule has 4 nitrogen and oxygen atoms in total. The van der Waals surface area contributed by atoms with Crippen LogP contribution in [0.5, 0.6) is 5.75 Å². The van der Waals surface area contributed by atoms with Crippen molar-refractivity contribution in [2.75, 3.05) is 23.9 Å². The Hall–Kier alpha value is -3.27. The van der Waals surface area contributed by atoms with Gasteiger partial charge in [-0.15, -0.1) is 0 Å². The lowest BCUT2D eigenvalue weighted by Crippen LogP contribution is -2.18. The minimum Gasteiger partial charge on any atom is -0.493 e. The SMILES string of the molecule is CN(c1ccccc1)c1ccccc1NC(=O)Cc1ccc2c(c1)CCO2. The molecular formula is C23H22N2O2. The maximum atomic E-state index is 12.6. The van der Waals surface area contributed by atoms with Crippen LogP contribution in [0.3, 0.4) is 0 Å². The Labute approximate surface area is 159 Å². The standard InChI is InChI=1S/C23H22N2O2/c1-25(19-7-3-2-4-8-19)21-10-6-5-9-20(21)24-23(26)16-17-11-12-22-18(15-17)13-14-27-22/h2-12,15H,13-14,16H2,1H3,(H,24,26). The van der Waals surface area contributed by atoms with E-state index >= 15 is 0 Å². The molecule has 0 fully saturated rings. The number of ether oxygens (including phenoxy) is 1. The number of nitrogens with one attached hydrogen (secondary N) is 1. The van der Waals surface area contributed by atoms with E-state index in [9.17, 15) is 4.79 Å². The summed E-state index contributed by atoms with van der Waals surface area (Å²) in [5.41, 5.74) is 5.02. The van der Waals surface area contributed by atoms with E-state index in [2.05, 4.69) is 16.3 Å². The van der Waals surface area contributed by atoms with Crippen LogP contribution >= 0.6 is 0 Å². The molecule has 0 aliphatic carbocycles. The van der Waals surface area contributed by atoms with Crippen molar-refractivity contribution in [1.82, 2.24) is 0 Å². The Morgan fingerprint density at radius 2 is 1.81 bits per heavy atom. The van der Waals surface area contributed by atoms with Crippen molar-refractivity contribution in [3.8, 4) is 5.75 Å². The first kappa shape index (κ1) is 17.2.